The molecule has 1 N–H and O–H groups in total. The van der Waals surface area contributed by atoms with Crippen LogP contribution in [-0.4, -0.2) is 5.11 Å². The van der Waals surface area contributed by atoms with Crippen molar-refractivity contribution >= 4 is 32.5 Å². The molecule has 0 radical (unpaired) electrons. The van der Waals surface area contributed by atoms with E-state index in [9.17, 15) is 5.11 Å². The first kappa shape index (κ1) is 12.4. The van der Waals surface area contributed by atoms with Crippen LogP contribution in [-0.2, 0) is 0 Å². The van der Waals surface area contributed by atoms with Crippen LogP contribution in [0.25, 0.3) is 16.5 Å². The number of halogens is 1. The zero-order chi connectivity index (χ0) is 9.97. The molecule has 0 unspecified atom stereocenters. The number of aliphatic hydroxyl groups is 1. The topological polar surface area (TPSA) is 20.2 Å². The second kappa shape index (κ2) is 5.41. The Morgan fingerprint density at radius 2 is 1.73 bits per heavy atom. The summed E-state index contributed by atoms with van der Waals surface area (Å²) in [5, 5.41) is 11.7. The number of rotatable bonds is 1. The molecule has 0 bridgehead atoms. The van der Waals surface area contributed by atoms with Crippen LogP contribution in [0, 0.1) is 4.99 Å². The minimum absolute atomic E-state index is 0. The van der Waals surface area contributed by atoms with Crippen LogP contribution in [0.15, 0.2) is 42.5 Å². The molecular formula is C12H8BrLiO. The molecule has 2 rings (SSSR count). The molecule has 0 amide bonds. The first-order chi connectivity index (χ1) is 6.83. The van der Waals surface area contributed by atoms with E-state index in [0.29, 0.717) is 0 Å². The fourth-order valence-electron chi connectivity index (χ4n) is 1.48. The van der Waals surface area contributed by atoms with Crippen molar-refractivity contribution in [1.82, 2.24) is 0 Å². The predicted octanol–water partition coefficient (Wildman–Crippen LogP) is 0.898. The first-order valence-electron chi connectivity index (χ1n) is 4.23. The molecule has 70 valence electrons. The minimum atomic E-state index is 0. The SMILES string of the molecule is OC(=[C-]Br)c1cccc2ccccc12.[Li+]. The summed E-state index contributed by atoms with van der Waals surface area (Å²) in [6.07, 6.45) is 0. The molecule has 0 spiro atoms. The Morgan fingerprint density at radius 3 is 2.47 bits per heavy atom. The molecule has 0 aromatic heterocycles. The molecule has 0 saturated carbocycles. The summed E-state index contributed by atoms with van der Waals surface area (Å²) >= 11 is 3.00. The van der Waals surface area contributed by atoms with Gasteiger partial charge in [-0.25, -0.2) is 0 Å². The van der Waals surface area contributed by atoms with E-state index in [1.165, 1.54) is 0 Å². The van der Waals surface area contributed by atoms with Gasteiger partial charge in [-0.2, -0.15) is 20.9 Å². The van der Waals surface area contributed by atoms with Crippen molar-refractivity contribution in [2.75, 3.05) is 0 Å². The molecule has 0 heterocycles. The zero-order valence-corrected chi connectivity index (χ0v) is 9.95. The molecule has 3 heteroatoms. The van der Waals surface area contributed by atoms with Gasteiger partial charge in [0.1, 0.15) is 0 Å². The standard InChI is InChI=1S/C12H8BrO.Li/c13-8-12(14)11-7-3-5-9-4-1-2-6-10(9)11;/h1-7,14H;/q-1;+1. The van der Waals surface area contributed by atoms with Crippen LogP contribution >= 0.6 is 15.9 Å². The normalized spacial score (nSPS) is 11.1. The molecule has 0 fully saturated rings. The van der Waals surface area contributed by atoms with Crippen LogP contribution in [0.4, 0.5) is 0 Å². The first-order valence-corrected chi connectivity index (χ1v) is 5.03. The summed E-state index contributed by atoms with van der Waals surface area (Å²) in [4.78, 5) is 2.56. The molecule has 2 aromatic rings. The Kier molecular flexibility index (Phi) is 4.47. The van der Waals surface area contributed by atoms with E-state index >= 15 is 0 Å². The van der Waals surface area contributed by atoms with E-state index in [2.05, 4.69) is 20.9 Å². The molecule has 2 aromatic carbocycles. The Bertz CT molecular complexity index is 488. The minimum Gasteiger partial charge on any atom is -0.545 e. The van der Waals surface area contributed by atoms with E-state index in [1.54, 1.807) is 0 Å². The van der Waals surface area contributed by atoms with Gasteiger partial charge in [0.2, 0.25) is 0 Å². The van der Waals surface area contributed by atoms with E-state index < -0.39 is 0 Å². The van der Waals surface area contributed by atoms with Crippen LogP contribution in [0.1, 0.15) is 5.56 Å². The van der Waals surface area contributed by atoms with Crippen LogP contribution in [0.3, 0.4) is 0 Å². The van der Waals surface area contributed by atoms with Crippen molar-refractivity contribution < 1.29 is 24.0 Å². The second-order valence-electron chi connectivity index (χ2n) is 2.97. The van der Waals surface area contributed by atoms with Gasteiger partial charge in [0.15, 0.2) is 0 Å². The second-order valence-corrected chi connectivity index (χ2v) is 3.37. The summed E-state index contributed by atoms with van der Waals surface area (Å²) in [7, 11) is 0. The number of aliphatic hydroxyl groups excluding tert-OH is 1. The Morgan fingerprint density at radius 1 is 1.07 bits per heavy atom. The summed E-state index contributed by atoms with van der Waals surface area (Å²) in [6, 6.07) is 13.7. The molecular weight excluding hydrogens is 247 g/mol. The summed E-state index contributed by atoms with van der Waals surface area (Å²) in [5.74, 6) is 0.127. The summed E-state index contributed by atoms with van der Waals surface area (Å²) < 4.78 is 0. The molecule has 0 atom stereocenters. The van der Waals surface area contributed by atoms with Crippen molar-refractivity contribution in [2.24, 2.45) is 0 Å². The number of hydrogen-bond acceptors (Lipinski definition) is 1. The molecule has 15 heavy (non-hydrogen) atoms. The van der Waals surface area contributed by atoms with Crippen LogP contribution in [0.2, 0.25) is 0 Å². The molecule has 0 saturated heterocycles. The van der Waals surface area contributed by atoms with Gasteiger partial charge in [-0.3, -0.25) is 0 Å². The average molecular weight is 255 g/mol. The maximum Gasteiger partial charge on any atom is 1.00 e. The number of hydrogen-bond donors (Lipinski definition) is 1. The van der Waals surface area contributed by atoms with E-state index in [0.717, 1.165) is 16.3 Å². The van der Waals surface area contributed by atoms with Gasteiger partial charge >= 0.3 is 18.9 Å². The van der Waals surface area contributed by atoms with E-state index in [4.69, 9.17) is 0 Å². The van der Waals surface area contributed by atoms with Crippen molar-refractivity contribution in [1.29, 1.82) is 0 Å². The smallest absolute Gasteiger partial charge is 0.545 e. The van der Waals surface area contributed by atoms with Gasteiger partial charge in [-0.05, 0) is 11.1 Å². The average Bonchev–Trinajstić information content (AvgIpc) is 2.27. The fraction of sp³-hybridized carbons (Fsp3) is 0. The largest absolute Gasteiger partial charge is 1.00 e. The van der Waals surface area contributed by atoms with Gasteiger partial charge in [-0.15, -0.1) is 11.6 Å². The van der Waals surface area contributed by atoms with Gasteiger partial charge in [0.25, 0.3) is 0 Å². The third-order valence-electron chi connectivity index (χ3n) is 2.13. The summed E-state index contributed by atoms with van der Waals surface area (Å²) in [5.41, 5.74) is 0.792. The van der Waals surface area contributed by atoms with E-state index in [1.807, 2.05) is 42.5 Å². The van der Waals surface area contributed by atoms with E-state index in [-0.39, 0.29) is 24.6 Å². The molecule has 0 aliphatic carbocycles. The van der Waals surface area contributed by atoms with Crippen molar-refractivity contribution in [2.45, 2.75) is 0 Å². The van der Waals surface area contributed by atoms with Crippen molar-refractivity contribution in [3.05, 3.63) is 53.0 Å². The molecule has 1 nitrogen and oxygen atoms in total. The van der Waals surface area contributed by atoms with Crippen LogP contribution < -0.4 is 18.9 Å². The maximum absolute atomic E-state index is 9.59. The van der Waals surface area contributed by atoms with Gasteiger partial charge in [0, 0.05) is 0 Å². The summed E-state index contributed by atoms with van der Waals surface area (Å²) in [6.45, 7) is 0. The molecule has 0 aliphatic rings. The van der Waals surface area contributed by atoms with Crippen molar-refractivity contribution in [3.63, 3.8) is 0 Å². The number of fused-ring (bicyclic) bond motifs is 1. The fourth-order valence-corrected chi connectivity index (χ4v) is 1.70. The van der Waals surface area contributed by atoms with Gasteiger partial charge in [-0.1, -0.05) is 41.8 Å². The third kappa shape index (κ3) is 2.46. The van der Waals surface area contributed by atoms with Gasteiger partial charge < -0.3 is 5.11 Å². The predicted molar refractivity (Wildman–Crippen MR) is 62.2 cm³/mol. The van der Waals surface area contributed by atoms with Crippen molar-refractivity contribution in [3.8, 4) is 0 Å². The van der Waals surface area contributed by atoms with Crippen LogP contribution in [0.5, 0.6) is 0 Å². The quantitative estimate of drug-likeness (QED) is 0.456. The Labute approximate surface area is 109 Å². The van der Waals surface area contributed by atoms with Gasteiger partial charge in [0.05, 0.1) is 0 Å². The Hall–Kier alpha value is -0.683. The zero-order valence-electron chi connectivity index (χ0n) is 8.37. The monoisotopic (exact) mass is 254 g/mol. The number of benzene rings is 2. The third-order valence-corrected chi connectivity index (χ3v) is 2.51. The Balaban J connectivity index is 0.00000112. The maximum atomic E-state index is 9.59. The molecule has 0 aliphatic heterocycles.